The minimum atomic E-state index is -0.316. The summed E-state index contributed by atoms with van der Waals surface area (Å²) in [5.41, 5.74) is 7.31. The summed E-state index contributed by atoms with van der Waals surface area (Å²) in [5, 5.41) is 0. The van der Waals surface area contributed by atoms with Gasteiger partial charge < -0.3 is 5.73 Å². The van der Waals surface area contributed by atoms with Crippen LogP contribution in [-0.2, 0) is 5.41 Å². The first-order valence-corrected chi connectivity index (χ1v) is 4.53. The van der Waals surface area contributed by atoms with Crippen LogP contribution in [-0.4, -0.2) is 5.91 Å². The Morgan fingerprint density at radius 1 is 1.38 bits per heavy atom. The van der Waals surface area contributed by atoms with Crippen LogP contribution >= 0.6 is 0 Å². The van der Waals surface area contributed by atoms with Crippen LogP contribution in [0.2, 0.25) is 0 Å². The number of hydrogen-bond acceptors (Lipinski definition) is 1. The van der Waals surface area contributed by atoms with Gasteiger partial charge in [0.15, 0.2) is 0 Å². The van der Waals surface area contributed by atoms with E-state index in [1.165, 1.54) is 0 Å². The Morgan fingerprint density at radius 3 is 2.54 bits per heavy atom. The van der Waals surface area contributed by atoms with Crippen molar-refractivity contribution in [2.45, 2.75) is 25.2 Å². The highest BCUT2D eigenvalue weighted by Crippen LogP contribution is 2.48. The number of carbonyl (C=O) groups excluding carboxylic acids is 1. The van der Waals surface area contributed by atoms with Crippen LogP contribution in [0.25, 0.3) is 0 Å². The maximum absolute atomic E-state index is 11.1. The molecule has 1 aliphatic rings. The molecular formula is C11H13NO. The summed E-state index contributed by atoms with van der Waals surface area (Å²) >= 11 is 0. The smallest absolute Gasteiger partial charge is 0.248 e. The molecule has 13 heavy (non-hydrogen) atoms. The second-order valence-electron chi connectivity index (χ2n) is 3.97. The van der Waals surface area contributed by atoms with Crippen molar-refractivity contribution in [2.75, 3.05) is 0 Å². The normalized spacial score (nSPS) is 18.2. The van der Waals surface area contributed by atoms with Crippen molar-refractivity contribution in [3.05, 3.63) is 35.4 Å². The van der Waals surface area contributed by atoms with Gasteiger partial charge in [0, 0.05) is 5.56 Å². The molecule has 2 nitrogen and oxygen atoms in total. The third-order valence-corrected chi connectivity index (χ3v) is 2.84. The maximum Gasteiger partial charge on any atom is 0.248 e. The predicted octanol–water partition coefficient (Wildman–Crippen LogP) is 1.84. The first-order chi connectivity index (χ1) is 6.13. The Balaban J connectivity index is 2.50. The number of carbonyl (C=O) groups is 1. The van der Waals surface area contributed by atoms with Crippen molar-refractivity contribution in [1.29, 1.82) is 0 Å². The number of primary amides is 1. The van der Waals surface area contributed by atoms with Crippen molar-refractivity contribution < 1.29 is 4.79 Å². The number of hydrogen-bond donors (Lipinski definition) is 1. The van der Waals surface area contributed by atoms with Gasteiger partial charge in [0.05, 0.1) is 0 Å². The fourth-order valence-corrected chi connectivity index (χ4v) is 1.68. The number of nitrogens with two attached hydrogens (primary N) is 1. The van der Waals surface area contributed by atoms with E-state index in [-0.39, 0.29) is 11.3 Å². The summed E-state index contributed by atoms with van der Waals surface area (Å²) < 4.78 is 0. The fourth-order valence-electron chi connectivity index (χ4n) is 1.68. The fraction of sp³-hybridized carbons (Fsp3) is 0.364. The average Bonchev–Trinajstić information content (AvgIpc) is 2.85. The SMILES string of the molecule is CC1(c2ccccc2C(N)=O)CC1. The zero-order valence-corrected chi connectivity index (χ0v) is 7.71. The van der Waals surface area contributed by atoms with Gasteiger partial charge in [-0.25, -0.2) is 0 Å². The van der Waals surface area contributed by atoms with Crippen LogP contribution in [0.4, 0.5) is 0 Å². The van der Waals surface area contributed by atoms with Crippen LogP contribution in [0.5, 0.6) is 0 Å². The van der Waals surface area contributed by atoms with Crippen LogP contribution in [0.1, 0.15) is 35.7 Å². The highest BCUT2D eigenvalue weighted by molar-refractivity contribution is 5.94. The lowest BCUT2D eigenvalue weighted by Gasteiger charge is -2.12. The van der Waals surface area contributed by atoms with E-state index in [4.69, 9.17) is 5.73 Å². The second kappa shape index (κ2) is 2.59. The molecule has 0 heterocycles. The van der Waals surface area contributed by atoms with Gasteiger partial charge in [-0.1, -0.05) is 25.1 Å². The van der Waals surface area contributed by atoms with Gasteiger partial charge >= 0.3 is 0 Å². The monoisotopic (exact) mass is 175 g/mol. The van der Waals surface area contributed by atoms with Gasteiger partial charge in [-0.3, -0.25) is 4.79 Å². The van der Waals surface area contributed by atoms with Crippen LogP contribution in [0, 0.1) is 0 Å². The number of benzene rings is 1. The summed E-state index contributed by atoms with van der Waals surface area (Å²) in [6, 6.07) is 7.63. The van der Waals surface area contributed by atoms with E-state index in [0.29, 0.717) is 5.56 Å². The van der Waals surface area contributed by atoms with Crippen molar-refractivity contribution in [1.82, 2.24) is 0 Å². The van der Waals surface area contributed by atoms with Crippen molar-refractivity contribution in [3.8, 4) is 0 Å². The van der Waals surface area contributed by atoms with Crippen molar-refractivity contribution >= 4 is 5.91 Å². The number of amides is 1. The Kier molecular flexibility index (Phi) is 1.65. The molecule has 1 saturated carbocycles. The first-order valence-electron chi connectivity index (χ1n) is 4.53. The van der Waals surface area contributed by atoms with E-state index in [9.17, 15) is 4.79 Å². The molecule has 68 valence electrons. The van der Waals surface area contributed by atoms with Gasteiger partial charge in [0.1, 0.15) is 0 Å². The molecule has 2 N–H and O–H groups in total. The molecule has 1 aliphatic carbocycles. The number of rotatable bonds is 2. The molecule has 0 aromatic heterocycles. The molecule has 1 aromatic carbocycles. The topological polar surface area (TPSA) is 43.1 Å². The van der Waals surface area contributed by atoms with Crippen molar-refractivity contribution in [2.24, 2.45) is 5.73 Å². The predicted molar refractivity (Wildman–Crippen MR) is 51.5 cm³/mol. The Bertz CT molecular complexity index is 353. The lowest BCUT2D eigenvalue weighted by Crippen LogP contribution is -2.16. The summed E-state index contributed by atoms with van der Waals surface area (Å²) in [5.74, 6) is -0.316. The van der Waals surface area contributed by atoms with Gasteiger partial charge in [0.2, 0.25) is 5.91 Å². The Morgan fingerprint density at radius 2 is 2.00 bits per heavy atom. The first kappa shape index (κ1) is 8.30. The van der Waals surface area contributed by atoms with Gasteiger partial charge in [-0.2, -0.15) is 0 Å². The molecule has 2 rings (SSSR count). The average molecular weight is 175 g/mol. The Hall–Kier alpha value is -1.31. The molecule has 0 unspecified atom stereocenters. The van der Waals surface area contributed by atoms with Gasteiger partial charge in [-0.05, 0) is 29.9 Å². The Labute approximate surface area is 77.8 Å². The molecule has 1 amide bonds. The zero-order valence-electron chi connectivity index (χ0n) is 7.71. The quantitative estimate of drug-likeness (QED) is 0.732. The molecule has 0 spiro atoms. The third kappa shape index (κ3) is 1.32. The highest BCUT2D eigenvalue weighted by atomic mass is 16.1. The molecule has 0 radical (unpaired) electrons. The largest absolute Gasteiger partial charge is 0.366 e. The van der Waals surface area contributed by atoms with Crippen LogP contribution in [0.3, 0.4) is 0 Å². The van der Waals surface area contributed by atoms with E-state index >= 15 is 0 Å². The van der Waals surface area contributed by atoms with E-state index in [0.717, 1.165) is 18.4 Å². The van der Waals surface area contributed by atoms with E-state index in [1.807, 2.05) is 18.2 Å². The molecule has 2 heteroatoms. The van der Waals surface area contributed by atoms with Crippen LogP contribution in [0.15, 0.2) is 24.3 Å². The molecule has 0 saturated heterocycles. The molecule has 1 aromatic rings. The zero-order chi connectivity index (χ0) is 9.47. The highest BCUT2D eigenvalue weighted by Gasteiger charge is 2.40. The van der Waals surface area contributed by atoms with Crippen molar-refractivity contribution in [3.63, 3.8) is 0 Å². The summed E-state index contributed by atoms with van der Waals surface area (Å²) in [4.78, 5) is 11.1. The summed E-state index contributed by atoms with van der Waals surface area (Å²) in [6.07, 6.45) is 2.33. The van der Waals surface area contributed by atoms with E-state index in [2.05, 4.69) is 6.92 Å². The standard InChI is InChI=1S/C11H13NO/c1-11(6-7-11)9-5-3-2-4-8(9)10(12)13/h2-5H,6-7H2,1H3,(H2,12,13). The second-order valence-corrected chi connectivity index (χ2v) is 3.97. The van der Waals surface area contributed by atoms with E-state index in [1.54, 1.807) is 6.07 Å². The lowest BCUT2D eigenvalue weighted by atomic mass is 9.93. The van der Waals surface area contributed by atoms with Gasteiger partial charge in [0.25, 0.3) is 0 Å². The molecule has 1 fully saturated rings. The van der Waals surface area contributed by atoms with E-state index < -0.39 is 0 Å². The summed E-state index contributed by atoms with van der Waals surface area (Å²) in [6.45, 7) is 2.18. The molecule has 0 atom stereocenters. The lowest BCUT2D eigenvalue weighted by molar-refractivity contribution is 0.0999. The third-order valence-electron chi connectivity index (χ3n) is 2.84. The molecule has 0 bridgehead atoms. The summed E-state index contributed by atoms with van der Waals surface area (Å²) in [7, 11) is 0. The molecule has 0 aliphatic heterocycles. The van der Waals surface area contributed by atoms with Crippen LogP contribution < -0.4 is 5.73 Å². The molecular weight excluding hydrogens is 162 g/mol. The minimum absolute atomic E-state index is 0.214. The van der Waals surface area contributed by atoms with Gasteiger partial charge in [-0.15, -0.1) is 0 Å². The minimum Gasteiger partial charge on any atom is -0.366 e. The maximum atomic E-state index is 11.1.